The second-order valence-electron chi connectivity index (χ2n) is 4.95. The second-order valence-corrected chi connectivity index (χ2v) is 4.95. The second kappa shape index (κ2) is 4.23. The van der Waals surface area contributed by atoms with Crippen LogP contribution in [-0.4, -0.2) is 28.5 Å². The van der Waals surface area contributed by atoms with Crippen molar-refractivity contribution in [2.24, 2.45) is 0 Å². The Hall–Kier alpha value is -2.56. The van der Waals surface area contributed by atoms with Crippen molar-refractivity contribution in [1.29, 1.82) is 0 Å². The molecule has 0 fully saturated rings. The van der Waals surface area contributed by atoms with Gasteiger partial charge in [0.1, 0.15) is 11.6 Å². The summed E-state index contributed by atoms with van der Waals surface area (Å²) in [5.74, 6) is 1.70. The van der Waals surface area contributed by atoms with Gasteiger partial charge in [-0.15, -0.1) is 0 Å². The van der Waals surface area contributed by atoms with Crippen molar-refractivity contribution in [2.75, 3.05) is 24.2 Å². The van der Waals surface area contributed by atoms with E-state index >= 15 is 0 Å². The summed E-state index contributed by atoms with van der Waals surface area (Å²) in [6.45, 7) is 1.02. The third-order valence-corrected chi connectivity index (χ3v) is 3.69. The number of nitrogens with one attached hydrogen (secondary N) is 3. The zero-order valence-electron chi connectivity index (χ0n) is 11.2. The van der Waals surface area contributed by atoms with Crippen LogP contribution >= 0.6 is 0 Å². The van der Waals surface area contributed by atoms with Crippen molar-refractivity contribution in [3.8, 4) is 11.4 Å². The van der Waals surface area contributed by atoms with Crippen LogP contribution in [0.1, 0.15) is 5.56 Å². The van der Waals surface area contributed by atoms with Crippen molar-refractivity contribution >= 4 is 22.7 Å². The minimum absolute atomic E-state index is 0.741. The van der Waals surface area contributed by atoms with Crippen LogP contribution in [-0.2, 0) is 6.42 Å². The summed E-state index contributed by atoms with van der Waals surface area (Å²) in [5.41, 5.74) is 5.40. The van der Waals surface area contributed by atoms with Gasteiger partial charge in [0, 0.05) is 24.8 Å². The Labute approximate surface area is 116 Å². The Morgan fingerprint density at radius 3 is 3.00 bits per heavy atom. The number of H-pyrrole nitrogens is 1. The maximum Gasteiger partial charge on any atom is 0.180 e. The van der Waals surface area contributed by atoms with Gasteiger partial charge in [-0.25, -0.2) is 9.97 Å². The zero-order chi connectivity index (χ0) is 13.5. The van der Waals surface area contributed by atoms with E-state index < -0.39 is 0 Å². The number of hydrogen-bond donors (Lipinski definition) is 3. The maximum absolute atomic E-state index is 4.59. The molecule has 0 aliphatic carbocycles. The van der Waals surface area contributed by atoms with Gasteiger partial charge in [0.2, 0.25) is 0 Å². The van der Waals surface area contributed by atoms with Gasteiger partial charge in [-0.1, -0.05) is 0 Å². The van der Waals surface area contributed by atoms with Crippen LogP contribution in [0.2, 0.25) is 0 Å². The molecule has 2 aromatic heterocycles. The zero-order valence-corrected chi connectivity index (χ0v) is 11.2. The summed E-state index contributed by atoms with van der Waals surface area (Å²) < 4.78 is 0. The maximum atomic E-state index is 4.59. The molecule has 3 aromatic rings. The van der Waals surface area contributed by atoms with E-state index in [-0.39, 0.29) is 0 Å². The van der Waals surface area contributed by atoms with E-state index in [1.165, 1.54) is 11.3 Å². The van der Waals surface area contributed by atoms with Crippen LogP contribution in [0, 0.1) is 0 Å². The van der Waals surface area contributed by atoms with Gasteiger partial charge in [-0.2, -0.15) is 0 Å². The molecule has 0 radical (unpaired) electrons. The Morgan fingerprint density at radius 1 is 1.15 bits per heavy atom. The van der Waals surface area contributed by atoms with E-state index in [1.807, 2.05) is 19.2 Å². The Kier molecular flexibility index (Phi) is 2.39. The van der Waals surface area contributed by atoms with Gasteiger partial charge in [0.25, 0.3) is 0 Å². The van der Waals surface area contributed by atoms with Crippen molar-refractivity contribution in [1.82, 2.24) is 15.0 Å². The van der Waals surface area contributed by atoms with Crippen LogP contribution in [0.15, 0.2) is 30.3 Å². The first kappa shape index (κ1) is 11.3. The van der Waals surface area contributed by atoms with Crippen LogP contribution in [0.4, 0.5) is 11.5 Å². The summed E-state index contributed by atoms with van der Waals surface area (Å²) in [6.07, 6.45) is 1.07. The monoisotopic (exact) mass is 265 g/mol. The van der Waals surface area contributed by atoms with Gasteiger partial charge < -0.3 is 15.6 Å². The fourth-order valence-electron chi connectivity index (χ4n) is 2.62. The fourth-order valence-corrected chi connectivity index (χ4v) is 2.62. The molecule has 5 nitrogen and oxygen atoms in total. The van der Waals surface area contributed by atoms with Crippen LogP contribution < -0.4 is 10.6 Å². The molecule has 3 N–H and O–H groups in total. The number of pyridine rings is 1. The highest BCUT2D eigenvalue weighted by molar-refractivity contribution is 5.78. The highest BCUT2D eigenvalue weighted by Crippen LogP contribution is 2.28. The molecule has 4 rings (SSSR count). The predicted octanol–water partition coefficient (Wildman–Crippen LogP) is 2.63. The molecule has 0 atom stereocenters. The van der Waals surface area contributed by atoms with Crippen LogP contribution in [0.3, 0.4) is 0 Å². The molecular formula is C15H15N5. The molecule has 1 aliphatic rings. The lowest BCUT2D eigenvalue weighted by Gasteiger charge is -2.01. The van der Waals surface area contributed by atoms with E-state index in [0.29, 0.717) is 0 Å². The number of benzene rings is 1. The molecule has 20 heavy (non-hydrogen) atoms. The first-order valence-corrected chi connectivity index (χ1v) is 6.75. The topological polar surface area (TPSA) is 65.6 Å². The van der Waals surface area contributed by atoms with E-state index in [2.05, 4.69) is 43.8 Å². The first-order chi connectivity index (χ1) is 9.83. The molecule has 0 spiro atoms. The van der Waals surface area contributed by atoms with Crippen molar-refractivity contribution in [2.45, 2.75) is 6.42 Å². The third kappa shape index (κ3) is 1.71. The lowest BCUT2D eigenvalue weighted by atomic mass is 10.1. The van der Waals surface area contributed by atoms with E-state index in [4.69, 9.17) is 0 Å². The average Bonchev–Trinajstić information content (AvgIpc) is 3.11. The van der Waals surface area contributed by atoms with E-state index in [1.54, 1.807) is 0 Å². The minimum atomic E-state index is 0.741. The normalized spacial score (nSPS) is 13.2. The van der Waals surface area contributed by atoms with E-state index in [9.17, 15) is 0 Å². The Bertz CT molecular complexity index is 790. The first-order valence-electron chi connectivity index (χ1n) is 6.75. The van der Waals surface area contributed by atoms with Gasteiger partial charge in [0.15, 0.2) is 5.65 Å². The largest absolute Gasteiger partial charge is 0.384 e. The molecule has 0 bridgehead atoms. The lowest BCUT2D eigenvalue weighted by molar-refractivity contribution is 1.11. The number of aromatic nitrogens is 3. The minimum Gasteiger partial charge on any atom is -0.384 e. The molecule has 5 heteroatoms. The predicted molar refractivity (Wildman–Crippen MR) is 81.1 cm³/mol. The fraction of sp³-hybridized carbons (Fsp3) is 0.200. The molecule has 1 aromatic carbocycles. The van der Waals surface area contributed by atoms with Crippen molar-refractivity contribution in [3.05, 3.63) is 35.9 Å². The molecule has 3 heterocycles. The van der Waals surface area contributed by atoms with Crippen molar-refractivity contribution in [3.63, 3.8) is 0 Å². The smallest absolute Gasteiger partial charge is 0.180 e. The summed E-state index contributed by atoms with van der Waals surface area (Å²) >= 11 is 0. The molecule has 0 saturated heterocycles. The summed E-state index contributed by atoms with van der Waals surface area (Å²) in [5, 5.41) is 6.40. The standard InChI is InChI=1S/C15H15N5/c1-16-13-5-4-12-15(19-13)20-14(18-12)10-2-3-11-9(8-10)6-7-17-11/h2-5,8,17H,6-7H2,1H3,(H2,16,18,19,20). The molecule has 0 unspecified atom stereocenters. The van der Waals surface area contributed by atoms with E-state index in [0.717, 1.165) is 41.3 Å². The molecular weight excluding hydrogens is 250 g/mol. The number of nitrogens with zero attached hydrogens (tertiary/aromatic N) is 2. The van der Waals surface area contributed by atoms with Crippen LogP contribution in [0.25, 0.3) is 22.6 Å². The summed E-state index contributed by atoms with van der Waals surface area (Å²) in [6, 6.07) is 10.4. The Morgan fingerprint density at radius 2 is 2.10 bits per heavy atom. The molecule has 100 valence electrons. The molecule has 0 saturated carbocycles. The molecule has 1 aliphatic heterocycles. The van der Waals surface area contributed by atoms with Gasteiger partial charge >= 0.3 is 0 Å². The average molecular weight is 265 g/mol. The lowest BCUT2D eigenvalue weighted by Crippen LogP contribution is -1.91. The summed E-state index contributed by atoms with van der Waals surface area (Å²) in [7, 11) is 1.86. The number of rotatable bonds is 2. The number of fused-ring (bicyclic) bond motifs is 2. The number of aromatic amines is 1. The SMILES string of the molecule is CNc1ccc2[nH]c(-c3ccc4c(c3)CCN4)nc2n1. The number of anilines is 2. The summed E-state index contributed by atoms with van der Waals surface area (Å²) in [4.78, 5) is 12.4. The van der Waals surface area contributed by atoms with Crippen LogP contribution in [0.5, 0.6) is 0 Å². The van der Waals surface area contributed by atoms with Crippen molar-refractivity contribution < 1.29 is 0 Å². The highest BCUT2D eigenvalue weighted by Gasteiger charge is 2.13. The number of hydrogen-bond acceptors (Lipinski definition) is 4. The molecule has 0 amide bonds. The highest BCUT2D eigenvalue weighted by atomic mass is 15.0. The Balaban J connectivity index is 1.81. The van der Waals surface area contributed by atoms with Gasteiger partial charge in [0.05, 0.1) is 5.52 Å². The third-order valence-electron chi connectivity index (χ3n) is 3.69. The van der Waals surface area contributed by atoms with Gasteiger partial charge in [-0.3, -0.25) is 0 Å². The quantitative estimate of drug-likeness (QED) is 0.666. The van der Waals surface area contributed by atoms with Gasteiger partial charge in [-0.05, 0) is 42.3 Å². The number of imidazole rings is 1.